The van der Waals surface area contributed by atoms with Gasteiger partial charge in [0.05, 0.1) is 14.2 Å². The second-order valence-corrected chi connectivity index (χ2v) is 7.63. The van der Waals surface area contributed by atoms with E-state index in [0.29, 0.717) is 39.2 Å². The molecule has 0 aliphatic heterocycles. The Kier molecular flexibility index (Phi) is 6.50. The molecule has 3 N–H and O–H groups in total. The van der Waals surface area contributed by atoms with Crippen LogP contribution in [-0.2, 0) is 11.3 Å². The van der Waals surface area contributed by atoms with Crippen LogP contribution in [0.5, 0.6) is 11.5 Å². The third-order valence-electron chi connectivity index (χ3n) is 4.79. The molecule has 1 amide bonds. The lowest BCUT2D eigenvalue weighted by Crippen LogP contribution is -2.20. The molecule has 11 heteroatoms. The third-order valence-corrected chi connectivity index (χ3v) is 5.46. The van der Waals surface area contributed by atoms with Crippen molar-refractivity contribution in [2.24, 2.45) is 0 Å². The van der Waals surface area contributed by atoms with Crippen LogP contribution in [0.4, 0.5) is 11.5 Å². The summed E-state index contributed by atoms with van der Waals surface area (Å²) in [6.45, 7) is -0.0645. The Hall–Kier alpha value is -3.99. The zero-order valence-electron chi connectivity index (χ0n) is 18.2. The first-order chi connectivity index (χ1) is 16.0. The van der Waals surface area contributed by atoms with Crippen LogP contribution in [0.3, 0.4) is 0 Å². The van der Waals surface area contributed by atoms with E-state index in [1.807, 2.05) is 24.5 Å². The van der Waals surface area contributed by atoms with E-state index < -0.39 is 0 Å². The zero-order valence-corrected chi connectivity index (χ0v) is 19.0. The quantitative estimate of drug-likeness (QED) is 0.374. The molecule has 2 aromatic carbocycles. The SMILES string of the molecule is COc1ccc(-c2noc(-c3c(SC)nn(CC(=O)Nc4ccccc4)c3N)n2)cc1OC. The van der Waals surface area contributed by atoms with Crippen LogP contribution in [-0.4, -0.2) is 46.3 Å². The van der Waals surface area contributed by atoms with E-state index in [1.165, 1.54) is 16.4 Å². The second kappa shape index (κ2) is 9.65. The first-order valence-electron chi connectivity index (χ1n) is 9.85. The van der Waals surface area contributed by atoms with Crippen molar-refractivity contribution in [2.75, 3.05) is 31.5 Å². The minimum atomic E-state index is -0.258. The molecule has 2 heterocycles. The normalized spacial score (nSPS) is 10.8. The van der Waals surface area contributed by atoms with Gasteiger partial charge < -0.3 is 25.0 Å². The van der Waals surface area contributed by atoms with Gasteiger partial charge in [-0.25, -0.2) is 4.68 Å². The van der Waals surface area contributed by atoms with Crippen LogP contribution >= 0.6 is 11.8 Å². The van der Waals surface area contributed by atoms with Gasteiger partial charge in [0.2, 0.25) is 11.7 Å². The third kappa shape index (κ3) is 4.62. The number of nitrogens with zero attached hydrogens (tertiary/aromatic N) is 4. The molecule has 0 fully saturated rings. The average molecular weight is 467 g/mol. The Morgan fingerprint density at radius 3 is 2.61 bits per heavy atom. The second-order valence-electron chi connectivity index (χ2n) is 6.83. The molecule has 0 aliphatic carbocycles. The fourth-order valence-electron chi connectivity index (χ4n) is 3.19. The molecule has 170 valence electrons. The van der Waals surface area contributed by atoms with Gasteiger partial charge >= 0.3 is 0 Å². The summed E-state index contributed by atoms with van der Waals surface area (Å²) in [7, 11) is 3.12. The van der Waals surface area contributed by atoms with Crippen LogP contribution in [0.25, 0.3) is 22.8 Å². The first kappa shape index (κ1) is 22.2. The Morgan fingerprint density at radius 2 is 1.91 bits per heavy atom. The highest BCUT2D eigenvalue weighted by molar-refractivity contribution is 7.98. The number of anilines is 2. The number of hydrogen-bond acceptors (Lipinski definition) is 9. The number of para-hydroxylation sites is 1. The molecule has 0 saturated heterocycles. The van der Waals surface area contributed by atoms with Gasteiger partial charge in [0.15, 0.2) is 11.5 Å². The number of methoxy groups -OCH3 is 2. The van der Waals surface area contributed by atoms with Crippen molar-refractivity contribution in [3.63, 3.8) is 0 Å². The zero-order chi connectivity index (χ0) is 23.4. The molecule has 0 spiro atoms. The van der Waals surface area contributed by atoms with Crippen LogP contribution in [0, 0.1) is 0 Å². The number of aromatic nitrogens is 4. The maximum atomic E-state index is 12.5. The standard InChI is InChI=1S/C22H22N6O4S/c1-30-15-10-9-13(11-16(15)31-2)20-25-21(32-27-20)18-19(23)28(26-22(18)33-3)12-17(29)24-14-7-5-4-6-8-14/h4-11H,12,23H2,1-3H3,(H,24,29). The number of hydrogen-bond donors (Lipinski definition) is 2. The molecular weight excluding hydrogens is 444 g/mol. The van der Waals surface area contributed by atoms with Crippen molar-refractivity contribution in [3.8, 4) is 34.3 Å². The van der Waals surface area contributed by atoms with E-state index in [-0.39, 0.29) is 24.2 Å². The Balaban J connectivity index is 1.60. The highest BCUT2D eigenvalue weighted by Gasteiger charge is 2.24. The predicted octanol–water partition coefficient (Wildman–Crippen LogP) is 3.56. The molecule has 0 atom stereocenters. The molecule has 0 radical (unpaired) electrons. The summed E-state index contributed by atoms with van der Waals surface area (Å²) in [5.41, 5.74) is 8.18. The number of carbonyl (C=O) groups is 1. The molecule has 2 aromatic heterocycles. The van der Waals surface area contributed by atoms with E-state index in [9.17, 15) is 4.79 Å². The molecule has 10 nitrogen and oxygen atoms in total. The lowest BCUT2D eigenvalue weighted by molar-refractivity contribution is -0.116. The summed E-state index contributed by atoms with van der Waals surface area (Å²) in [5, 5.41) is 11.9. The summed E-state index contributed by atoms with van der Waals surface area (Å²) in [6.07, 6.45) is 1.85. The highest BCUT2D eigenvalue weighted by atomic mass is 32.2. The molecule has 0 bridgehead atoms. The Morgan fingerprint density at radius 1 is 1.15 bits per heavy atom. The maximum absolute atomic E-state index is 12.5. The fourth-order valence-corrected chi connectivity index (χ4v) is 3.77. The monoisotopic (exact) mass is 466 g/mol. The van der Waals surface area contributed by atoms with Crippen LogP contribution in [0.15, 0.2) is 58.1 Å². The van der Waals surface area contributed by atoms with Gasteiger partial charge in [0, 0.05) is 11.3 Å². The van der Waals surface area contributed by atoms with Crippen molar-refractivity contribution in [1.82, 2.24) is 19.9 Å². The fraction of sp³-hybridized carbons (Fsp3) is 0.182. The lowest BCUT2D eigenvalue weighted by atomic mass is 10.2. The van der Waals surface area contributed by atoms with E-state index in [2.05, 4.69) is 20.6 Å². The minimum absolute atomic E-state index is 0.0645. The largest absolute Gasteiger partial charge is 0.493 e. The molecule has 0 saturated carbocycles. The van der Waals surface area contributed by atoms with Gasteiger partial charge in [0.25, 0.3) is 5.89 Å². The smallest absolute Gasteiger partial charge is 0.264 e. The Labute approximate surface area is 194 Å². The van der Waals surface area contributed by atoms with E-state index >= 15 is 0 Å². The van der Waals surface area contributed by atoms with Crippen LogP contribution in [0.1, 0.15) is 0 Å². The summed E-state index contributed by atoms with van der Waals surface area (Å²) in [4.78, 5) is 17.0. The van der Waals surface area contributed by atoms with Crippen molar-refractivity contribution in [1.29, 1.82) is 0 Å². The van der Waals surface area contributed by atoms with Crippen molar-refractivity contribution >= 4 is 29.2 Å². The number of thioether (sulfide) groups is 1. The molecule has 0 unspecified atom stereocenters. The number of benzene rings is 2. The van der Waals surface area contributed by atoms with E-state index in [0.717, 1.165) is 0 Å². The van der Waals surface area contributed by atoms with Gasteiger partial charge in [0.1, 0.15) is 23.0 Å². The van der Waals surface area contributed by atoms with E-state index in [4.69, 9.17) is 19.7 Å². The van der Waals surface area contributed by atoms with Crippen molar-refractivity contribution < 1.29 is 18.8 Å². The number of nitrogens with one attached hydrogen (secondary N) is 1. The van der Waals surface area contributed by atoms with Gasteiger partial charge in [-0.2, -0.15) is 10.1 Å². The molecule has 33 heavy (non-hydrogen) atoms. The number of carbonyl (C=O) groups excluding carboxylic acids is 1. The van der Waals surface area contributed by atoms with Crippen molar-refractivity contribution in [3.05, 3.63) is 48.5 Å². The first-order valence-corrected chi connectivity index (χ1v) is 11.1. The summed E-state index contributed by atoms with van der Waals surface area (Å²) < 4.78 is 17.5. The molecule has 0 aliphatic rings. The topological polar surface area (TPSA) is 130 Å². The van der Waals surface area contributed by atoms with Gasteiger partial charge in [-0.3, -0.25) is 4.79 Å². The average Bonchev–Trinajstić information content (AvgIpc) is 3.43. The Bertz CT molecular complexity index is 1270. The molecule has 4 rings (SSSR count). The summed E-state index contributed by atoms with van der Waals surface area (Å²) >= 11 is 1.36. The van der Waals surface area contributed by atoms with Crippen LogP contribution < -0.4 is 20.5 Å². The number of amides is 1. The molecular formula is C22H22N6O4S. The van der Waals surface area contributed by atoms with Crippen molar-refractivity contribution in [2.45, 2.75) is 11.6 Å². The maximum Gasteiger partial charge on any atom is 0.264 e. The number of nitrogen functional groups attached to an aromatic ring is 1. The summed E-state index contributed by atoms with van der Waals surface area (Å²) in [6, 6.07) is 14.5. The van der Waals surface area contributed by atoms with Gasteiger partial charge in [-0.1, -0.05) is 23.4 Å². The minimum Gasteiger partial charge on any atom is -0.493 e. The van der Waals surface area contributed by atoms with E-state index in [1.54, 1.807) is 44.6 Å². The van der Waals surface area contributed by atoms with Crippen LogP contribution in [0.2, 0.25) is 0 Å². The summed E-state index contributed by atoms with van der Waals surface area (Å²) in [5.74, 6) is 1.69. The van der Waals surface area contributed by atoms with Gasteiger partial charge in [-0.05, 0) is 36.6 Å². The highest BCUT2D eigenvalue weighted by Crippen LogP contribution is 2.36. The molecule has 4 aromatic rings. The number of nitrogens with two attached hydrogens (primary N) is 1. The predicted molar refractivity (Wildman–Crippen MR) is 125 cm³/mol. The number of ether oxygens (including phenoxy) is 2. The number of rotatable bonds is 8. The van der Waals surface area contributed by atoms with Gasteiger partial charge in [-0.15, -0.1) is 11.8 Å². The lowest BCUT2D eigenvalue weighted by Gasteiger charge is -2.07.